The van der Waals surface area contributed by atoms with Crippen LogP contribution in [0.3, 0.4) is 0 Å². The van der Waals surface area contributed by atoms with Crippen LogP contribution in [0, 0.1) is 0 Å². The molecule has 0 radical (unpaired) electrons. The zero-order chi connectivity index (χ0) is 15.8. The van der Waals surface area contributed by atoms with E-state index in [9.17, 15) is 26.3 Å². The second-order valence-corrected chi connectivity index (χ2v) is 4.21. The second-order valence-electron chi connectivity index (χ2n) is 4.21. The molecule has 0 spiro atoms. The molecule has 2 nitrogen and oxygen atoms in total. The van der Waals surface area contributed by atoms with Crippen LogP contribution in [0.4, 0.5) is 32.2 Å². The molecule has 0 aliphatic heterocycles. The lowest BCUT2D eigenvalue weighted by Gasteiger charge is -2.14. The normalized spacial score (nSPS) is 12.5. The molecule has 0 bridgehead atoms. The second kappa shape index (κ2) is 4.94. The highest BCUT2D eigenvalue weighted by Crippen LogP contribution is 2.38. The van der Waals surface area contributed by atoms with Gasteiger partial charge in [-0.1, -0.05) is 18.2 Å². The summed E-state index contributed by atoms with van der Waals surface area (Å²) in [5.74, 6) is -0.503. The molecule has 21 heavy (non-hydrogen) atoms. The van der Waals surface area contributed by atoms with Crippen LogP contribution >= 0.6 is 0 Å². The first-order valence-corrected chi connectivity index (χ1v) is 5.60. The number of anilines is 1. The van der Waals surface area contributed by atoms with Crippen molar-refractivity contribution in [3.05, 3.63) is 47.5 Å². The number of benzene rings is 1. The molecule has 2 aromatic rings. The Bertz CT molecular complexity index is 660. The summed E-state index contributed by atoms with van der Waals surface area (Å²) in [5.41, 5.74) is 2.10. The number of pyridine rings is 1. The highest BCUT2D eigenvalue weighted by Gasteiger charge is 2.35. The lowest BCUT2D eigenvalue weighted by Crippen LogP contribution is -2.10. The molecule has 0 unspecified atom stereocenters. The van der Waals surface area contributed by atoms with E-state index in [1.165, 1.54) is 6.07 Å². The summed E-state index contributed by atoms with van der Waals surface area (Å²) in [6, 6.07) is 5.35. The molecule has 0 aliphatic rings. The van der Waals surface area contributed by atoms with Crippen molar-refractivity contribution >= 4 is 5.82 Å². The number of rotatable bonds is 1. The number of hydrogen-bond acceptors (Lipinski definition) is 2. The Morgan fingerprint density at radius 3 is 2.05 bits per heavy atom. The first kappa shape index (κ1) is 15.1. The van der Waals surface area contributed by atoms with Crippen molar-refractivity contribution in [2.45, 2.75) is 12.4 Å². The van der Waals surface area contributed by atoms with Gasteiger partial charge in [-0.05, 0) is 18.2 Å². The predicted octanol–water partition coefficient (Wildman–Crippen LogP) is 4.37. The van der Waals surface area contributed by atoms with Crippen LogP contribution in [0.2, 0.25) is 0 Å². The summed E-state index contributed by atoms with van der Waals surface area (Å²) in [4.78, 5) is 3.57. The quantitative estimate of drug-likeness (QED) is 0.795. The van der Waals surface area contributed by atoms with Crippen LogP contribution in [0.15, 0.2) is 36.4 Å². The number of halogens is 6. The van der Waals surface area contributed by atoms with Gasteiger partial charge in [-0.25, -0.2) is 4.98 Å². The van der Waals surface area contributed by atoms with Crippen molar-refractivity contribution in [1.29, 1.82) is 0 Å². The van der Waals surface area contributed by atoms with E-state index in [4.69, 9.17) is 5.73 Å². The molecule has 112 valence electrons. The van der Waals surface area contributed by atoms with Gasteiger partial charge in [-0.2, -0.15) is 26.3 Å². The average molecular weight is 306 g/mol. The highest BCUT2D eigenvalue weighted by molar-refractivity contribution is 5.66. The first-order chi connectivity index (χ1) is 9.59. The van der Waals surface area contributed by atoms with Gasteiger partial charge in [0.2, 0.25) is 0 Å². The van der Waals surface area contributed by atoms with E-state index in [0.717, 1.165) is 18.2 Å². The molecule has 1 aromatic heterocycles. The molecule has 0 saturated heterocycles. The smallest absolute Gasteiger partial charge is 0.384 e. The van der Waals surface area contributed by atoms with Gasteiger partial charge in [0.25, 0.3) is 0 Å². The lowest BCUT2D eigenvalue weighted by molar-refractivity contribution is -0.137. The Labute approximate surface area is 115 Å². The van der Waals surface area contributed by atoms with Crippen LogP contribution in [-0.2, 0) is 12.4 Å². The van der Waals surface area contributed by atoms with Gasteiger partial charge in [0.05, 0.1) is 16.8 Å². The van der Waals surface area contributed by atoms with Gasteiger partial charge in [-0.3, -0.25) is 0 Å². The lowest BCUT2D eigenvalue weighted by atomic mass is 10.0. The van der Waals surface area contributed by atoms with E-state index in [0.29, 0.717) is 12.1 Å². The molecule has 8 heteroatoms. The van der Waals surface area contributed by atoms with Gasteiger partial charge in [0, 0.05) is 5.56 Å². The van der Waals surface area contributed by atoms with Crippen molar-refractivity contribution < 1.29 is 26.3 Å². The monoisotopic (exact) mass is 306 g/mol. The largest absolute Gasteiger partial charge is 0.417 e. The summed E-state index contributed by atoms with van der Waals surface area (Å²) < 4.78 is 76.7. The number of aromatic nitrogens is 1. The van der Waals surface area contributed by atoms with Gasteiger partial charge in [0.15, 0.2) is 0 Å². The Balaban J connectivity index is 2.66. The number of nitrogens with zero attached hydrogens (tertiary/aromatic N) is 1. The van der Waals surface area contributed by atoms with Crippen LogP contribution < -0.4 is 5.73 Å². The molecule has 1 heterocycles. The first-order valence-electron chi connectivity index (χ1n) is 5.60. The summed E-state index contributed by atoms with van der Waals surface area (Å²) in [6.45, 7) is 0. The molecule has 0 aliphatic carbocycles. The number of nitrogens with two attached hydrogens (primary N) is 1. The van der Waals surface area contributed by atoms with E-state index in [1.54, 1.807) is 0 Å². The number of nitrogen functional groups attached to an aromatic ring is 1. The zero-order valence-corrected chi connectivity index (χ0v) is 10.3. The fourth-order valence-electron chi connectivity index (χ4n) is 1.81. The number of alkyl halides is 6. The minimum absolute atomic E-state index is 0.456. The molecule has 0 atom stereocenters. The van der Waals surface area contributed by atoms with Gasteiger partial charge >= 0.3 is 12.4 Å². The van der Waals surface area contributed by atoms with Crippen LogP contribution in [0.5, 0.6) is 0 Å². The van der Waals surface area contributed by atoms with E-state index in [2.05, 4.69) is 4.98 Å². The van der Waals surface area contributed by atoms with E-state index >= 15 is 0 Å². The van der Waals surface area contributed by atoms with Gasteiger partial charge < -0.3 is 5.73 Å². The molecular weight excluding hydrogens is 298 g/mol. The van der Waals surface area contributed by atoms with Crippen molar-refractivity contribution in [3.8, 4) is 11.3 Å². The molecule has 0 amide bonds. The maximum Gasteiger partial charge on any atom is 0.417 e. The Morgan fingerprint density at radius 2 is 1.48 bits per heavy atom. The zero-order valence-electron chi connectivity index (χ0n) is 10.3. The van der Waals surface area contributed by atoms with Crippen molar-refractivity contribution in [2.75, 3.05) is 5.73 Å². The van der Waals surface area contributed by atoms with Gasteiger partial charge in [-0.15, -0.1) is 0 Å². The number of hydrogen-bond donors (Lipinski definition) is 1. The van der Waals surface area contributed by atoms with E-state index in [1.807, 2.05) is 0 Å². The third-order valence-corrected chi connectivity index (χ3v) is 2.68. The maximum absolute atomic E-state index is 12.9. The fourth-order valence-corrected chi connectivity index (χ4v) is 1.81. The van der Waals surface area contributed by atoms with E-state index < -0.39 is 40.6 Å². The van der Waals surface area contributed by atoms with Crippen molar-refractivity contribution in [3.63, 3.8) is 0 Å². The summed E-state index contributed by atoms with van der Waals surface area (Å²) in [5, 5.41) is 0. The third-order valence-electron chi connectivity index (χ3n) is 2.68. The highest BCUT2D eigenvalue weighted by atomic mass is 19.4. The average Bonchev–Trinajstić information content (AvgIpc) is 2.36. The predicted molar refractivity (Wildman–Crippen MR) is 64.1 cm³/mol. The summed E-state index contributed by atoms with van der Waals surface area (Å²) >= 11 is 0. The minimum Gasteiger partial charge on any atom is -0.384 e. The van der Waals surface area contributed by atoms with Crippen molar-refractivity contribution in [1.82, 2.24) is 4.98 Å². The molecular formula is C13H8F6N2. The topological polar surface area (TPSA) is 38.9 Å². The summed E-state index contributed by atoms with van der Waals surface area (Å²) in [6.07, 6.45) is -9.43. The van der Waals surface area contributed by atoms with Crippen LogP contribution in [-0.4, -0.2) is 4.98 Å². The summed E-state index contributed by atoms with van der Waals surface area (Å²) in [7, 11) is 0. The minimum atomic E-state index is -4.72. The van der Waals surface area contributed by atoms with Crippen LogP contribution in [0.25, 0.3) is 11.3 Å². The van der Waals surface area contributed by atoms with Crippen molar-refractivity contribution in [2.24, 2.45) is 0 Å². The third kappa shape index (κ3) is 3.26. The molecule has 2 rings (SSSR count). The standard InChI is InChI=1S/C13H8F6N2/c14-12(15,16)7-5-10(21-11(20)6-7)8-3-1-2-4-9(8)13(17,18)19/h1-6H,(H2,20,21). The molecule has 0 fully saturated rings. The molecule has 1 aromatic carbocycles. The molecule has 0 saturated carbocycles. The maximum atomic E-state index is 12.9. The fraction of sp³-hybridized carbons (Fsp3) is 0.154. The Hall–Kier alpha value is -2.25. The SMILES string of the molecule is Nc1cc(C(F)(F)F)cc(-c2ccccc2C(F)(F)F)n1. The van der Waals surface area contributed by atoms with E-state index in [-0.39, 0.29) is 0 Å². The van der Waals surface area contributed by atoms with Crippen LogP contribution in [0.1, 0.15) is 11.1 Å². The Morgan fingerprint density at radius 1 is 0.857 bits per heavy atom. The Kier molecular flexibility index (Phi) is 3.56. The van der Waals surface area contributed by atoms with Gasteiger partial charge in [0.1, 0.15) is 5.82 Å². The molecule has 2 N–H and O–H groups in total.